The highest BCUT2D eigenvalue weighted by Crippen LogP contribution is 2.21. The van der Waals surface area contributed by atoms with Gasteiger partial charge >= 0.3 is 5.97 Å². The second-order valence-electron chi connectivity index (χ2n) is 4.98. The van der Waals surface area contributed by atoms with Crippen LogP contribution in [0.4, 0.5) is 5.69 Å². The number of thiophene rings is 1. The van der Waals surface area contributed by atoms with Gasteiger partial charge in [0.2, 0.25) is 0 Å². The molecule has 122 valence electrons. The molecule has 0 spiro atoms. The highest BCUT2D eigenvalue weighted by molar-refractivity contribution is 7.98. The molecule has 1 aromatic carbocycles. The largest absolute Gasteiger partial charge is 0.481 e. The molecule has 1 heterocycles. The smallest absolute Gasteiger partial charge is 0.304 e. The van der Waals surface area contributed by atoms with E-state index in [1.165, 1.54) is 11.3 Å². The van der Waals surface area contributed by atoms with Crippen molar-refractivity contribution in [3.63, 3.8) is 0 Å². The van der Waals surface area contributed by atoms with Gasteiger partial charge in [0.25, 0.3) is 5.91 Å². The Labute approximate surface area is 143 Å². The summed E-state index contributed by atoms with van der Waals surface area (Å²) in [6.07, 6.45) is 1.01. The fourth-order valence-electron chi connectivity index (χ4n) is 2.09. The van der Waals surface area contributed by atoms with Gasteiger partial charge in [-0.05, 0) is 41.1 Å². The molecule has 2 aromatic rings. The zero-order valence-electron chi connectivity index (χ0n) is 12.9. The maximum atomic E-state index is 12.3. The number of aryl methyl sites for hydroxylation is 1. The number of benzene rings is 1. The lowest BCUT2D eigenvalue weighted by atomic mass is 10.2. The number of rotatable bonds is 8. The van der Waals surface area contributed by atoms with Crippen molar-refractivity contribution >= 4 is 40.7 Å². The first-order valence-corrected chi connectivity index (χ1v) is 9.39. The molecule has 6 heteroatoms. The molecule has 2 rings (SSSR count). The molecule has 1 aromatic heterocycles. The van der Waals surface area contributed by atoms with Gasteiger partial charge in [0.05, 0.1) is 11.3 Å². The van der Waals surface area contributed by atoms with Gasteiger partial charge in [0.15, 0.2) is 0 Å². The number of carboxylic acid groups (broad SMARTS) is 1. The Morgan fingerprint density at radius 2 is 2.13 bits per heavy atom. The van der Waals surface area contributed by atoms with E-state index in [1.54, 1.807) is 11.8 Å². The number of carbonyl (C=O) groups excluding carboxylic acids is 1. The van der Waals surface area contributed by atoms with Crippen molar-refractivity contribution in [1.82, 2.24) is 0 Å². The van der Waals surface area contributed by atoms with Crippen LogP contribution in [0.1, 0.15) is 34.1 Å². The van der Waals surface area contributed by atoms with Gasteiger partial charge in [-0.1, -0.05) is 19.1 Å². The molecule has 0 aliphatic carbocycles. The van der Waals surface area contributed by atoms with Gasteiger partial charge in [0.1, 0.15) is 0 Å². The Morgan fingerprint density at radius 3 is 2.87 bits per heavy atom. The highest BCUT2D eigenvalue weighted by atomic mass is 32.2. The minimum absolute atomic E-state index is 0.0764. The fourth-order valence-corrected chi connectivity index (χ4v) is 3.86. The summed E-state index contributed by atoms with van der Waals surface area (Å²) < 4.78 is 0. The number of hydrogen-bond donors (Lipinski definition) is 2. The Kier molecular flexibility index (Phi) is 6.67. The Balaban J connectivity index is 1.94. The lowest BCUT2D eigenvalue weighted by Gasteiger charge is -2.07. The first kappa shape index (κ1) is 17.6. The van der Waals surface area contributed by atoms with Crippen LogP contribution < -0.4 is 5.32 Å². The summed E-state index contributed by atoms with van der Waals surface area (Å²) in [7, 11) is 0. The van der Waals surface area contributed by atoms with Crippen LogP contribution >= 0.6 is 23.1 Å². The van der Waals surface area contributed by atoms with E-state index in [4.69, 9.17) is 5.11 Å². The first-order chi connectivity index (χ1) is 11.1. The molecule has 23 heavy (non-hydrogen) atoms. The fraction of sp³-hybridized carbons (Fsp3) is 0.294. The maximum Gasteiger partial charge on any atom is 0.304 e. The molecule has 0 aliphatic rings. The molecule has 0 bridgehead atoms. The molecule has 1 amide bonds. The minimum Gasteiger partial charge on any atom is -0.481 e. The number of anilines is 1. The van der Waals surface area contributed by atoms with Crippen molar-refractivity contribution in [1.29, 1.82) is 0 Å². The van der Waals surface area contributed by atoms with Crippen molar-refractivity contribution < 1.29 is 14.7 Å². The number of nitrogens with one attached hydrogen (secondary N) is 1. The zero-order chi connectivity index (χ0) is 16.7. The summed E-state index contributed by atoms with van der Waals surface area (Å²) in [5, 5.41) is 13.5. The SMILES string of the molecule is CCc1ccsc1C(=O)Nc1cccc(CSCCC(=O)O)c1. The van der Waals surface area contributed by atoms with E-state index in [1.807, 2.05) is 42.6 Å². The van der Waals surface area contributed by atoms with Gasteiger partial charge in [-0.15, -0.1) is 11.3 Å². The molecule has 0 aliphatic heterocycles. The van der Waals surface area contributed by atoms with Crippen LogP contribution in [-0.4, -0.2) is 22.7 Å². The molecule has 0 radical (unpaired) electrons. The van der Waals surface area contributed by atoms with Crippen LogP contribution in [0.15, 0.2) is 35.7 Å². The number of carbonyl (C=O) groups is 2. The molecule has 0 unspecified atom stereocenters. The zero-order valence-corrected chi connectivity index (χ0v) is 14.5. The monoisotopic (exact) mass is 349 g/mol. The predicted octanol–water partition coefficient (Wildman–Crippen LogP) is 4.27. The van der Waals surface area contributed by atoms with Crippen LogP contribution in [0.2, 0.25) is 0 Å². The Hall–Kier alpha value is -1.79. The summed E-state index contributed by atoms with van der Waals surface area (Å²) >= 11 is 3.03. The minimum atomic E-state index is -0.777. The van der Waals surface area contributed by atoms with E-state index < -0.39 is 5.97 Å². The molecular weight excluding hydrogens is 330 g/mol. The predicted molar refractivity (Wildman–Crippen MR) is 96.5 cm³/mol. The van der Waals surface area contributed by atoms with E-state index in [0.29, 0.717) is 5.75 Å². The third-order valence-corrected chi connectivity index (χ3v) is 5.23. The highest BCUT2D eigenvalue weighted by Gasteiger charge is 2.12. The number of thioether (sulfide) groups is 1. The van der Waals surface area contributed by atoms with Crippen molar-refractivity contribution in [2.75, 3.05) is 11.1 Å². The summed E-state index contributed by atoms with van der Waals surface area (Å²) in [5.74, 6) is 0.464. The van der Waals surface area contributed by atoms with Crippen LogP contribution in [-0.2, 0) is 17.0 Å². The molecule has 0 saturated carbocycles. The van der Waals surface area contributed by atoms with Crippen molar-refractivity contribution in [2.45, 2.75) is 25.5 Å². The van der Waals surface area contributed by atoms with Crippen LogP contribution in [0, 0.1) is 0 Å². The number of aliphatic carboxylic acids is 1. The van der Waals surface area contributed by atoms with E-state index in [2.05, 4.69) is 5.32 Å². The standard InChI is InChI=1S/C17H19NO3S2/c1-2-13-6-9-23-16(13)17(21)18-14-5-3-4-12(10-14)11-22-8-7-15(19)20/h3-6,9-10H,2,7-8,11H2,1H3,(H,18,21)(H,19,20). The van der Waals surface area contributed by atoms with Crippen molar-refractivity contribution in [2.24, 2.45) is 0 Å². The topological polar surface area (TPSA) is 66.4 Å². The van der Waals surface area contributed by atoms with Crippen LogP contribution in [0.3, 0.4) is 0 Å². The maximum absolute atomic E-state index is 12.3. The van der Waals surface area contributed by atoms with E-state index in [9.17, 15) is 9.59 Å². The average molecular weight is 349 g/mol. The summed E-state index contributed by atoms with van der Waals surface area (Å²) in [5.41, 5.74) is 2.90. The summed E-state index contributed by atoms with van der Waals surface area (Å²) in [6.45, 7) is 2.04. The molecule has 0 saturated heterocycles. The number of hydrogen-bond acceptors (Lipinski definition) is 4. The van der Waals surface area contributed by atoms with Crippen LogP contribution in [0.5, 0.6) is 0 Å². The molecule has 0 atom stereocenters. The lowest BCUT2D eigenvalue weighted by Crippen LogP contribution is -2.12. The van der Waals surface area contributed by atoms with Gasteiger partial charge in [-0.25, -0.2) is 0 Å². The normalized spacial score (nSPS) is 10.5. The second-order valence-corrected chi connectivity index (χ2v) is 7.00. The average Bonchev–Trinajstić information content (AvgIpc) is 3.00. The van der Waals surface area contributed by atoms with Gasteiger partial charge in [0, 0.05) is 17.2 Å². The molecule has 4 nitrogen and oxygen atoms in total. The summed E-state index contributed by atoms with van der Waals surface area (Å²) in [6, 6.07) is 9.66. The number of carboxylic acids is 1. The van der Waals surface area contributed by atoms with Crippen molar-refractivity contribution in [3.05, 3.63) is 51.7 Å². The van der Waals surface area contributed by atoms with Gasteiger partial charge in [-0.3, -0.25) is 9.59 Å². The molecular formula is C17H19NO3S2. The third kappa shape index (κ3) is 5.41. The van der Waals surface area contributed by atoms with Crippen molar-refractivity contribution in [3.8, 4) is 0 Å². The van der Waals surface area contributed by atoms with Gasteiger partial charge < -0.3 is 10.4 Å². The number of amides is 1. The van der Waals surface area contributed by atoms with Crippen LogP contribution in [0.25, 0.3) is 0 Å². The van der Waals surface area contributed by atoms with E-state index in [-0.39, 0.29) is 12.3 Å². The molecule has 2 N–H and O–H groups in total. The van der Waals surface area contributed by atoms with Gasteiger partial charge in [-0.2, -0.15) is 11.8 Å². The Bertz CT molecular complexity index is 682. The summed E-state index contributed by atoms with van der Waals surface area (Å²) in [4.78, 5) is 23.6. The third-order valence-electron chi connectivity index (χ3n) is 3.25. The lowest BCUT2D eigenvalue weighted by molar-refractivity contribution is -0.136. The quantitative estimate of drug-likeness (QED) is 0.699. The second kappa shape index (κ2) is 8.74. The Morgan fingerprint density at radius 1 is 1.30 bits per heavy atom. The first-order valence-electron chi connectivity index (χ1n) is 7.36. The van der Waals surface area contributed by atoms with E-state index >= 15 is 0 Å². The van der Waals surface area contributed by atoms with E-state index in [0.717, 1.165) is 33.9 Å². The molecule has 0 fully saturated rings.